The number of hydrogen-bond acceptors (Lipinski definition) is 6. The molecule has 0 aliphatic carbocycles. The second kappa shape index (κ2) is 6.74. The molecule has 0 spiro atoms. The molecule has 0 unspecified atom stereocenters. The molecule has 0 amide bonds. The van der Waals surface area contributed by atoms with E-state index in [-0.39, 0.29) is 0 Å². The average Bonchev–Trinajstić information content (AvgIpc) is 2.93. The largest absolute Gasteiger partial charge is 0.368 e. The first kappa shape index (κ1) is 16.5. The van der Waals surface area contributed by atoms with E-state index in [1.165, 1.54) is 0 Å². The highest BCUT2D eigenvalue weighted by Gasteiger charge is 2.21. The number of aromatic nitrogens is 5. The third-order valence-electron chi connectivity index (χ3n) is 4.72. The lowest BCUT2D eigenvalue weighted by Gasteiger charge is -2.22. The summed E-state index contributed by atoms with van der Waals surface area (Å²) in [5, 5.41) is 8.82. The monoisotopic (exact) mass is 349 g/mol. The molecule has 2 aromatic heterocycles. The first-order chi connectivity index (χ1) is 12.6. The summed E-state index contributed by atoms with van der Waals surface area (Å²) in [6, 6.07) is 12.2. The number of nitrogen functional groups attached to an aromatic ring is 1. The Hall–Kier alpha value is -2.96. The van der Waals surface area contributed by atoms with Gasteiger partial charge in [-0.3, -0.25) is 0 Å². The highest BCUT2D eigenvalue weighted by Crippen LogP contribution is 2.24. The summed E-state index contributed by atoms with van der Waals surface area (Å²) in [6.07, 6.45) is 0.820. The van der Waals surface area contributed by atoms with E-state index < -0.39 is 0 Å². The topological polar surface area (TPSA) is 85.8 Å². The summed E-state index contributed by atoms with van der Waals surface area (Å²) in [5.41, 5.74) is 7.99. The van der Waals surface area contributed by atoms with Gasteiger partial charge in [-0.15, -0.1) is 10.2 Å². The van der Waals surface area contributed by atoms with Gasteiger partial charge in [0.2, 0.25) is 5.95 Å². The Morgan fingerprint density at radius 3 is 2.58 bits per heavy atom. The molecule has 0 radical (unpaired) electrons. The fourth-order valence-electron chi connectivity index (χ4n) is 3.28. The predicted molar refractivity (Wildman–Crippen MR) is 102 cm³/mol. The zero-order chi connectivity index (χ0) is 18.1. The molecule has 1 aliphatic heterocycles. The summed E-state index contributed by atoms with van der Waals surface area (Å²) in [5.74, 6) is 3.47. The van der Waals surface area contributed by atoms with E-state index in [1.807, 2.05) is 24.3 Å². The van der Waals surface area contributed by atoms with Gasteiger partial charge in [0.05, 0.1) is 5.69 Å². The van der Waals surface area contributed by atoms with Gasteiger partial charge in [-0.05, 0) is 5.92 Å². The average molecular weight is 349 g/mol. The van der Waals surface area contributed by atoms with Gasteiger partial charge >= 0.3 is 0 Å². The van der Waals surface area contributed by atoms with Crippen molar-refractivity contribution >= 4 is 11.8 Å². The maximum atomic E-state index is 5.93. The van der Waals surface area contributed by atoms with Gasteiger partial charge in [-0.1, -0.05) is 44.2 Å². The van der Waals surface area contributed by atoms with Crippen molar-refractivity contribution in [1.29, 1.82) is 0 Å². The molecule has 0 bridgehead atoms. The molecule has 4 rings (SSSR count). The van der Waals surface area contributed by atoms with Crippen LogP contribution in [0.2, 0.25) is 0 Å². The molecule has 0 atom stereocenters. The van der Waals surface area contributed by atoms with Gasteiger partial charge in [0.25, 0.3) is 0 Å². The minimum Gasteiger partial charge on any atom is -0.368 e. The van der Waals surface area contributed by atoms with Crippen LogP contribution in [0, 0.1) is 0 Å². The molecule has 3 heterocycles. The molecule has 0 saturated heterocycles. The maximum absolute atomic E-state index is 5.93. The van der Waals surface area contributed by atoms with Crippen molar-refractivity contribution < 1.29 is 0 Å². The number of hydrogen-bond donors (Lipinski definition) is 1. The van der Waals surface area contributed by atoms with Crippen molar-refractivity contribution in [3.05, 3.63) is 47.9 Å². The highest BCUT2D eigenvalue weighted by molar-refractivity contribution is 5.55. The molecule has 134 valence electrons. The van der Waals surface area contributed by atoms with Gasteiger partial charge < -0.3 is 15.2 Å². The van der Waals surface area contributed by atoms with Crippen molar-refractivity contribution in [2.75, 3.05) is 23.7 Å². The second-order valence-electron chi connectivity index (χ2n) is 6.86. The summed E-state index contributed by atoms with van der Waals surface area (Å²) >= 11 is 0. The van der Waals surface area contributed by atoms with Crippen molar-refractivity contribution in [2.24, 2.45) is 0 Å². The summed E-state index contributed by atoms with van der Waals surface area (Å²) in [6.45, 7) is 6.70. The van der Waals surface area contributed by atoms with Gasteiger partial charge in [-0.2, -0.15) is 4.98 Å². The van der Waals surface area contributed by atoms with E-state index in [1.54, 1.807) is 0 Å². The van der Waals surface area contributed by atoms with E-state index in [4.69, 9.17) is 5.73 Å². The molecule has 1 aromatic carbocycles. The minimum absolute atomic E-state index is 0.315. The molecule has 0 fully saturated rings. The first-order valence-corrected chi connectivity index (χ1v) is 8.98. The minimum atomic E-state index is 0.315. The summed E-state index contributed by atoms with van der Waals surface area (Å²) in [7, 11) is 0. The number of nitrogens with zero attached hydrogens (tertiary/aromatic N) is 6. The molecule has 3 aromatic rings. The normalized spacial score (nSPS) is 14.3. The SMILES string of the molecule is CC(C)c1cc(N2CCc3nnc(-c4ccccc4)n3CC2)nc(N)n1. The molecule has 0 saturated carbocycles. The number of benzene rings is 1. The molecule has 1 aliphatic rings. The standard InChI is InChI=1S/C19H23N7/c1-13(2)15-12-17(22-19(20)21-15)25-9-8-16-23-24-18(26(16)11-10-25)14-6-4-3-5-7-14/h3-7,12-13H,8-11H2,1-2H3,(H2,20,21,22). The highest BCUT2D eigenvalue weighted by atomic mass is 15.3. The molecule has 7 nitrogen and oxygen atoms in total. The fourth-order valence-corrected chi connectivity index (χ4v) is 3.28. The van der Waals surface area contributed by atoms with Crippen LogP contribution in [0.25, 0.3) is 11.4 Å². The summed E-state index contributed by atoms with van der Waals surface area (Å²) < 4.78 is 2.21. The quantitative estimate of drug-likeness (QED) is 0.782. The van der Waals surface area contributed by atoms with E-state index in [0.29, 0.717) is 11.9 Å². The van der Waals surface area contributed by atoms with E-state index in [2.05, 4.69) is 55.6 Å². The Labute approximate surface area is 152 Å². The van der Waals surface area contributed by atoms with Gasteiger partial charge in [-0.25, -0.2) is 4.98 Å². The lowest BCUT2D eigenvalue weighted by atomic mass is 10.1. The third kappa shape index (κ3) is 3.12. The predicted octanol–water partition coefficient (Wildman–Crippen LogP) is 2.50. The van der Waals surface area contributed by atoms with Crippen molar-refractivity contribution in [3.63, 3.8) is 0 Å². The Bertz CT molecular complexity index is 902. The van der Waals surface area contributed by atoms with Crippen LogP contribution in [0.15, 0.2) is 36.4 Å². The second-order valence-corrected chi connectivity index (χ2v) is 6.86. The maximum Gasteiger partial charge on any atom is 0.222 e. The molecular weight excluding hydrogens is 326 g/mol. The Kier molecular flexibility index (Phi) is 4.28. The van der Waals surface area contributed by atoms with Crippen LogP contribution >= 0.6 is 0 Å². The first-order valence-electron chi connectivity index (χ1n) is 8.98. The number of fused-ring (bicyclic) bond motifs is 1. The van der Waals surface area contributed by atoms with Crippen LogP contribution in [0.4, 0.5) is 11.8 Å². The van der Waals surface area contributed by atoms with E-state index >= 15 is 0 Å². The number of nitrogens with two attached hydrogens (primary N) is 1. The number of anilines is 2. The van der Waals surface area contributed by atoms with E-state index in [0.717, 1.165) is 54.8 Å². The van der Waals surface area contributed by atoms with Crippen LogP contribution in [-0.2, 0) is 13.0 Å². The Balaban J connectivity index is 1.61. The van der Waals surface area contributed by atoms with Gasteiger partial charge in [0.15, 0.2) is 5.82 Å². The molecular formula is C19H23N7. The fraction of sp³-hybridized carbons (Fsp3) is 0.368. The van der Waals surface area contributed by atoms with Crippen LogP contribution in [0.1, 0.15) is 31.3 Å². The summed E-state index contributed by atoms with van der Waals surface area (Å²) in [4.78, 5) is 11.1. The van der Waals surface area contributed by atoms with Crippen molar-refractivity contribution in [1.82, 2.24) is 24.7 Å². The van der Waals surface area contributed by atoms with Crippen LogP contribution in [0.5, 0.6) is 0 Å². The molecule has 26 heavy (non-hydrogen) atoms. The smallest absolute Gasteiger partial charge is 0.222 e. The Morgan fingerprint density at radius 2 is 1.81 bits per heavy atom. The molecule has 7 heteroatoms. The van der Waals surface area contributed by atoms with Crippen LogP contribution in [-0.4, -0.2) is 37.8 Å². The zero-order valence-corrected chi connectivity index (χ0v) is 15.1. The van der Waals surface area contributed by atoms with Crippen molar-refractivity contribution in [3.8, 4) is 11.4 Å². The van der Waals surface area contributed by atoms with Crippen LogP contribution in [0.3, 0.4) is 0 Å². The van der Waals surface area contributed by atoms with Gasteiger partial charge in [0.1, 0.15) is 11.6 Å². The van der Waals surface area contributed by atoms with Gasteiger partial charge in [0, 0.05) is 37.7 Å². The van der Waals surface area contributed by atoms with Crippen molar-refractivity contribution in [2.45, 2.75) is 32.7 Å². The Morgan fingerprint density at radius 1 is 1.00 bits per heavy atom. The molecule has 2 N–H and O–H groups in total. The lowest BCUT2D eigenvalue weighted by Crippen LogP contribution is -2.28. The van der Waals surface area contributed by atoms with Crippen LogP contribution < -0.4 is 10.6 Å². The number of rotatable bonds is 3. The lowest BCUT2D eigenvalue weighted by molar-refractivity contribution is 0.687. The van der Waals surface area contributed by atoms with E-state index in [9.17, 15) is 0 Å². The third-order valence-corrected chi connectivity index (χ3v) is 4.72. The zero-order valence-electron chi connectivity index (χ0n) is 15.1.